The van der Waals surface area contributed by atoms with Crippen molar-refractivity contribution < 1.29 is 13.2 Å². The van der Waals surface area contributed by atoms with E-state index in [0.29, 0.717) is 16.8 Å². The van der Waals surface area contributed by atoms with Crippen LogP contribution < -0.4 is 11.2 Å². The molecule has 1 unspecified atom stereocenters. The molecule has 1 atom stereocenters. The third-order valence-electron chi connectivity index (χ3n) is 4.68. The number of pyridine rings is 1. The van der Waals surface area contributed by atoms with Gasteiger partial charge in [-0.05, 0) is 18.8 Å². The van der Waals surface area contributed by atoms with Crippen LogP contribution in [-0.2, 0) is 12.8 Å². The van der Waals surface area contributed by atoms with E-state index in [4.69, 9.17) is 0 Å². The molecule has 1 aliphatic carbocycles. The van der Waals surface area contributed by atoms with Crippen LogP contribution in [0.25, 0.3) is 16.5 Å². The number of hydrogen-bond acceptors (Lipinski definition) is 3. The number of fused-ring (bicyclic) bond motifs is 2. The highest BCUT2D eigenvalue weighted by molar-refractivity contribution is 5.89. The molecule has 0 saturated heterocycles. The third-order valence-corrected chi connectivity index (χ3v) is 4.68. The fraction of sp³-hybridized carbons (Fsp3) is 0.278. The van der Waals surface area contributed by atoms with Gasteiger partial charge in [0.1, 0.15) is 0 Å². The topological polar surface area (TPSA) is 67.8 Å². The Kier molecular flexibility index (Phi) is 3.71. The van der Waals surface area contributed by atoms with Gasteiger partial charge in [0.2, 0.25) is 0 Å². The quantitative estimate of drug-likeness (QED) is 0.763. The monoisotopic (exact) mass is 361 g/mol. The molecule has 134 valence electrons. The smallest absolute Gasteiger partial charge is 0.310 e. The molecule has 4 rings (SSSR count). The fourth-order valence-electron chi connectivity index (χ4n) is 3.62. The molecular weight excluding hydrogens is 347 g/mol. The van der Waals surface area contributed by atoms with E-state index in [9.17, 15) is 22.8 Å². The van der Waals surface area contributed by atoms with Crippen molar-refractivity contribution in [2.75, 3.05) is 0 Å². The third kappa shape index (κ3) is 2.81. The van der Waals surface area contributed by atoms with Crippen molar-refractivity contribution >= 4 is 10.8 Å². The first-order chi connectivity index (χ1) is 12.3. The molecule has 26 heavy (non-hydrogen) atoms. The van der Waals surface area contributed by atoms with Gasteiger partial charge in [0, 0.05) is 34.6 Å². The molecule has 2 heterocycles. The van der Waals surface area contributed by atoms with Crippen LogP contribution in [0, 0.1) is 5.92 Å². The molecule has 8 heteroatoms. The lowest BCUT2D eigenvalue weighted by molar-refractivity contribution is -0.143. The number of aromatic nitrogens is 3. The highest BCUT2D eigenvalue weighted by Gasteiger charge is 2.36. The van der Waals surface area contributed by atoms with E-state index in [1.165, 1.54) is 6.20 Å². The second-order valence-corrected chi connectivity index (χ2v) is 6.50. The normalized spacial score (nSPS) is 16.8. The van der Waals surface area contributed by atoms with Gasteiger partial charge in [0.05, 0.1) is 11.9 Å². The second-order valence-electron chi connectivity index (χ2n) is 6.50. The van der Waals surface area contributed by atoms with Crippen LogP contribution in [0.5, 0.6) is 0 Å². The molecule has 0 spiro atoms. The van der Waals surface area contributed by atoms with Crippen LogP contribution >= 0.6 is 0 Å². The van der Waals surface area contributed by atoms with Crippen molar-refractivity contribution in [3.63, 3.8) is 0 Å². The summed E-state index contributed by atoms with van der Waals surface area (Å²) in [5, 5.41) is 1.42. The first-order valence-electron chi connectivity index (χ1n) is 8.10. The number of benzene rings is 1. The van der Waals surface area contributed by atoms with E-state index in [1.807, 2.05) is 6.07 Å². The second kappa shape index (κ2) is 5.82. The minimum Gasteiger partial charge on any atom is -0.310 e. The summed E-state index contributed by atoms with van der Waals surface area (Å²) < 4.78 is 39.0. The Morgan fingerprint density at radius 1 is 1.15 bits per heavy atom. The van der Waals surface area contributed by atoms with Crippen LogP contribution in [0.1, 0.15) is 17.7 Å². The zero-order valence-corrected chi connectivity index (χ0v) is 13.5. The predicted octanol–water partition coefficient (Wildman–Crippen LogP) is 2.74. The number of halogens is 3. The largest absolute Gasteiger partial charge is 0.389 e. The molecule has 0 amide bonds. The minimum atomic E-state index is -4.30. The maximum Gasteiger partial charge on any atom is 0.389 e. The van der Waals surface area contributed by atoms with Crippen molar-refractivity contribution in [1.82, 2.24) is 14.5 Å². The van der Waals surface area contributed by atoms with Crippen LogP contribution in [0.4, 0.5) is 13.2 Å². The maximum absolute atomic E-state index is 12.9. The van der Waals surface area contributed by atoms with E-state index >= 15 is 0 Å². The average Bonchev–Trinajstić information content (AvgIpc) is 2.95. The zero-order chi connectivity index (χ0) is 18.5. The number of aromatic amines is 1. The molecule has 1 N–H and O–H groups in total. The van der Waals surface area contributed by atoms with E-state index in [-0.39, 0.29) is 18.4 Å². The van der Waals surface area contributed by atoms with Crippen molar-refractivity contribution in [2.24, 2.45) is 5.92 Å². The Morgan fingerprint density at radius 2 is 1.92 bits per heavy atom. The Morgan fingerprint density at radius 3 is 2.69 bits per heavy atom. The van der Waals surface area contributed by atoms with Gasteiger partial charge in [-0.3, -0.25) is 9.78 Å². The van der Waals surface area contributed by atoms with Gasteiger partial charge < -0.3 is 4.98 Å². The maximum atomic E-state index is 12.9. The summed E-state index contributed by atoms with van der Waals surface area (Å²) in [6.07, 6.45) is -2.19. The number of nitrogens with zero attached hydrogens (tertiary/aromatic N) is 2. The molecule has 0 bridgehead atoms. The van der Waals surface area contributed by atoms with Gasteiger partial charge in [0.15, 0.2) is 0 Å². The number of rotatable bonds is 2. The van der Waals surface area contributed by atoms with Crippen molar-refractivity contribution in [2.45, 2.75) is 25.4 Å². The highest BCUT2D eigenvalue weighted by Crippen LogP contribution is 2.32. The summed E-state index contributed by atoms with van der Waals surface area (Å²) in [6.45, 7) is 0. The van der Waals surface area contributed by atoms with Crippen LogP contribution in [0.2, 0.25) is 0 Å². The average molecular weight is 361 g/mol. The Balaban J connectivity index is 1.85. The first kappa shape index (κ1) is 16.6. The lowest BCUT2D eigenvalue weighted by atomic mass is 10.0. The number of hydrogen-bond donors (Lipinski definition) is 1. The molecule has 5 nitrogen and oxygen atoms in total. The molecule has 0 radical (unpaired) electrons. The Labute approximate surface area is 145 Å². The molecule has 0 saturated carbocycles. The number of H-pyrrole nitrogens is 1. The van der Waals surface area contributed by atoms with Crippen molar-refractivity contribution in [1.29, 1.82) is 0 Å². The van der Waals surface area contributed by atoms with Gasteiger partial charge in [0.25, 0.3) is 5.56 Å². The lowest BCUT2D eigenvalue weighted by Gasteiger charge is -2.11. The molecule has 2 aromatic heterocycles. The summed E-state index contributed by atoms with van der Waals surface area (Å²) in [5.74, 6) is -0.727. The molecule has 1 aliphatic rings. The SMILES string of the molecule is O=c1[nH]c2c(c(=O)n1-c1cncc3ccccc13)CC(CC(F)(F)F)C2. The first-order valence-corrected chi connectivity index (χ1v) is 8.10. The molecular formula is C18H14F3N3O2. The minimum absolute atomic E-state index is 0.00263. The molecule has 0 fully saturated rings. The summed E-state index contributed by atoms with van der Waals surface area (Å²) in [6, 6.07) is 7.15. The Bertz CT molecular complexity index is 1110. The molecule has 0 aliphatic heterocycles. The van der Waals surface area contributed by atoms with Crippen molar-refractivity contribution in [3.8, 4) is 5.69 Å². The van der Waals surface area contributed by atoms with E-state index in [1.54, 1.807) is 24.4 Å². The summed E-state index contributed by atoms with van der Waals surface area (Å²) in [4.78, 5) is 32.0. The molecule has 1 aromatic carbocycles. The number of nitrogens with one attached hydrogen (secondary N) is 1. The molecule has 3 aromatic rings. The van der Waals surface area contributed by atoms with Crippen LogP contribution in [0.15, 0.2) is 46.2 Å². The van der Waals surface area contributed by atoms with E-state index in [2.05, 4.69) is 9.97 Å². The van der Waals surface area contributed by atoms with E-state index in [0.717, 1.165) is 9.95 Å². The van der Waals surface area contributed by atoms with Crippen molar-refractivity contribution in [3.05, 3.63) is 68.8 Å². The van der Waals surface area contributed by atoms with Gasteiger partial charge in [-0.15, -0.1) is 0 Å². The van der Waals surface area contributed by atoms with Gasteiger partial charge >= 0.3 is 11.9 Å². The fourth-order valence-corrected chi connectivity index (χ4v) is 3.62. The lowest BCUT2D eigenvalue weighted by Crippen LogP contribution is -2.36. The van der Waals surface area contributed by atoms with E-state index < -0.39 is 29.8 Å². The summed E-state index contributed by atoms with van der Waals surface area (Å²) in [7, 11) is 0. The standard InChI is InChI=1S/C18H14F3N3O2/c19-18(20,21)7-10-5-13-14(6-10)23-17(26)24(16(13)25)15-9-22-8-11-3-1-2-4-12(11)15/h1-4,8-10H,5-7H2,(H,23,26). The van der Waals surface area contributed by atoms with Gasteiger partial charge in [-0.25, -0.2) is 9.36 Å². The highest BCUT2D eigenvalue weighted by atomic mass is 19.4. The summed E-state index contributed by atoms with van der Waals surface area (Å²) in [5.41, 5.74) is -0.381. The van der Waals surface area contributed by atoms with Gasteiger partial charge in [-0.1, -0.05) is 24.3 Å². The number of alkyl halides is 3. The Hall–Kier alpha value is -2.90. The predicted molar refractivity (Wildman–Crippen MR) is 89.5 cm³/mol. The van der Waals surface area contributed by atoms with Crippen LogP contribution in [-0.4, -0.2) is 20.7 Å². The van der Waals surface area contributed by atoms with Crippen LogP contribution in [0.3, 0.4) is 0 Å². The summed E-state index contributed by atoms with van der Waals surface area (Å²) >= 11 is 0. The van der Waals surface area contributed by atoms with Gasteiger partial charge in [-0.2, -0.15) is 13.2 Å². The zero-order valence-electron chi connectivity index (χ0n) is 13.5.